The van der Waals surface area contributed by atoms with Crippen molar-refractivity contribution in [2.24, 2.45) is 0 Å². The molecule has 0 radical (unpaired) electrons. The summed E-state index contributed by atoms with van der Waals surface area (Å²) in [6, 6.07) is 3.95. The molecule has 2 aromatic heterocycles. The van der Waals surface area contributed by atoms with E-state index in [1.54, 1.807) is 18.6 Å². The van der Waals surface area contributed by atoms with Crippen LogP contribution >= 0.6 is 0 Å². The Kier molecular flexibility index (Phi) is 4.20. The summed E-state index contributed by atoms with van der Waals surface area (Å²) in [5, 5.41) is 10.9. The number of aromatic nitrogens is 3. The van der Waals surface area contributed by atoms with E-state index in [0.717, 1.165) is 16.9 Å². The summed E-state index contributed by atoms with van der Waals surface area (Å²) in [5.41, 5.74) is 2.08. The van der Waals surface area contributed by atoms with Gasteiger partial charge in [0.15, 0.2) is 0 Å². The molecule has 5 heteroatoms. The Labute approximate surface area is 106 Å². The molecule has 0 saturated heterocycles. The highest BCUT2D eigenvalue weighted by atomic mass is 16.5. The van der Waals surface area contributed by atoms with Crippen molar-refractivity contribution in [2.75, 3.05) is 13.7 Å². The SMILES string of the molecule is CCOc1cncc(C(NC)c2ccnnc2)c1. The smallest absolute Gasteiger partial charge is 0.137 e. The van der Waals surface area contributed by atoms with Crippen molar-refractivity contribution < 1.29 is 4.74 Å². The molecule has 1 unspecified atom stereocenters. The zero-order valence-electron chi connectivity index (χ0n) is 10.5. The average Bonchev–Trinajstić information content (AvgIpc) is 2.42. The maximum Gasteiger partial charge on any atom is 0.137 e. The Morgan fingerprint density at radius 2 is 2.11 bits per heavy atom. The second-order valence-corrected chi connectivity index (χ2v) is 3.78. The van der Waals surface area contributed by atoms with E-state index in [4.69, 9.17) is 4.74 Å². The summed E-state index contributed by atoms with van der Waals surface area (Å²) in [5.74, 6) is 0.775. The third-order valence-electron chi connectivity index (χ3n) is 2.61. The lowest BCUT2D eigenvalue weighted by Gasteiger charge is -2.16. The normalized spacial score (nSPS) is 12.1. The summed E-state index contributed by atoms with van der Waals surface area (Å²) in [4.78, 5) is 4.20. The molecule has 2 heterocycles. The molecule has 18 heavy (non-hydrogen) atoms. The molecule has 0 saturated carbocycles. The van der Waals surface area contributed by atoms with E-state index in [9.17, 15) is 0 Å². The van der Waals surface area contributed by atoms with Crippen LogP contribution in [-0.2, 0) is 0 Å². The van der Waals surface area contributed by atoms with Gasteiger partial charge in [-0.15, -0.1) is 0 Å². The van der Waals surface area contributed by atoms with Gasteiger partial charge in [0.1, 0.15) is 5.75 Å². The minimum atomic E-state index is 0.0356. The predicted molar refractivity (Wildman–Crippen MR) is 68.3 cm³/mol. The molecule has 0 fully saturated rings. The molecule has 0 amide bonds. The van der Waals surface area contributed by atoms with Crippen LogP contribution in [0.2, 0.25) is 0 Å². The van der Waals surface area contributed by atoms with Gasteiger partial charge in [-0.05, 0) is 37.2 Å². The van der Waals surface area contributed by atoms with Crippen molar-refractivity contribution in [1.29, 1.82) is 0 Å². The average molecular weight is 244 g/mol. The summed E-state index contributed by atoms with van der Waals surface area (Å²) in [6.45, 7) is 2.58. The maximum atomic E-state index is 5.46. The number of nitrogens with one attached hydrogen (secondary N) is 1. The van der Waals surface area contributed by atoms with Crippen LogP contribution in [0, 0.1) is 0 Å². The second kappa shape index (κ2) is 6.07. The molecule has 0 aliphatic rings. The van der Waals surface area contributed by atoms with Gasteiger partial charge in [-0.1, -0.05) is 0 Å². The lowest BCUT2D eigenvalue weighted by atomic mass is 10.0. The fourth-order valence-corrected chi connectivity index (χ4v) is 1.84. The van der Waals surface area contributed by atoms with Crippen molar-refractivity contribution in [3.63, 3.8) is 0 Å². The first-order chi connectivity index (χ1) is 8.85. The molecule has 0 spiro atoms. The Morgan fingerprint density at radius 3 is 2.78 bits per heavy atom. The molecule has 94 valence electrons. The first-order valence-corrected chi connectivity index (χ1v) is 5.86. The predicted octanol–water partition coefficient (Wildman–Crippen LogP) is 1.58. The van der Waals surface area contributed by atoms with E-state index in [2.05, 4.69) is 20.5 Å². The van der Waals surface area contributed by atoms with Crippen LogP contribution in [0.15, 0.2) is 36.9 Å². The number of rotatable bonds is 5. The molecular formula is C13H16N4O. The van der Waals surface area contributed by atoms with E-state index >= 15 is 0 Å². The highest BCUT2D eigenvalue weighted by molar-refractivity contribution is 5.32. The fraction of sp³-hybridized carbons (Fsp3) is 0.308. The van der Waals surface area contributed by atoms with Crippen LogP contribution in [0.25, 0.3) is 0 Å². The largest absolute Gasteiger partial charge is 0.492 e. The number of hydrogen-bond donors (Lipinski definition) is 1. The molecule has 2 aromatic rings. The zero-order valence-corrected chi connectivity index (χ0v) is 10.5. The van der Waals surface area contributed by atoms with E-state index in [1.807, 2.05) is 32.3 Å². The molecule has 1 atom stereocenters. The van der Waals surface area contributed by atoms with Crippen molar-refractivity contribution >= 4 is 0 Å². The highest BCUT2D eigenvalue weighted by Gasteiger charge is 2.13. The molecule has 0 bridgehead atoms. The van der Waals surface area contributed by atoms with Gasteiger partial charge in [-0.25, -0.2) is 0 Å². The molecule has 1 N–H and O–H groups in total. The monoisotopic (exact) mass is 244 g/mol. The Morgan fingerprint density at radius 1 is 1.22 bits per heavy atom. The van der Waals surface area contributed by atoms with Crippen LogP contribution in [0.5, 0.6) is 5.75 Å². The molecular weight excluding hydrogens is 228 g/mol. The number of ether oxygens (including phenoxy) is 1. The molecule has 0 aliphatic carbocycles. The van der Waals surface area contributed by atoms with Crippen LogP contribution < -0.4 is 10.1 Å². The molecule has 0 aliphatic heterocycles. The number of nitrogens with zero attached hydrogens (tertiary/aromatic N) is 3. The van der Waals surface area contributed by atoms with Gasteiger partial charge in [-0.3, -0.25) is 4.98 Å². The van der Waals surface area contributed by atoms with Gasteiger partial charge in [0, 0.05) is 12.4 Å². The van der Waals surface area contributed by atoms with E-state index in [0.29, 0.717) is 6.61 Å². The molecule has 5 nitrogen and oxygen atoms in total. The van der Waals surface area contributed by atoms with E-state index in [1.165, 1.54) is 0 Å². The van der Waals surface area contributed by atoms with Gasteiger partial charge in [0.05, 0.1) is 25.0 Å². The summed E-state index contributed by atoms with van der Waals surface area (Å²) >= 11 is 0. The van der Waals surface area contributed by atoms with Gasteiger partial charge < -0.3 is 10.1 Å². The second-order valence-electron chi connectivity index (χ2n) is 3.78. The lowest BCUT2D eigenvalue weighted by molar-refractivity contribution is 0.338. The third-order valence-corrected chi connectivity index (χ3v) is 2.61. The molecule has 0 aromatic carbocycles. The third kappa shape index (κ3) is 2.81. The van der Waals surface area contributed by atoms with Crippen molar-refractivity contribution in [3.05, 3.63) is 48.0 Å². The highest BCUT2D eigenvalue weighted by Crippen LogP contribution is 2.23. The minimum Gasteiger partial charge on any atom is -0.492 e. The maximum absolute atomic E-state index is 5.46. The van der Waals surface area contributed by atoms with Gasteiger partial charge in [-0.2, -0.15) is 10.2 Å². The van der Waals surface area contributed by atoms with Crippen molar-refractivity contribution in [1.82, 2.24) is 20.5 Å². The van der Waals surface area contributed by atoms with Crippen LogP contribution in [0.4, 0.5) is 0 Å². The minimum absolute atomic E-state index is 0.0356. The summed E-state index contributed by atoms with van der Waals surface area (Å²) in [7, 11) is 1.90. The summed E-state index contributed by atoms with van der Waals surface area (Å²) in [6.07, 6.45) is 6.96. The van der Waals surface area contributed by atoms with Gasteiger partial charge >= 0.3 is 0 Å². The number of pyridine rings is 1. The Balaban J connectivity index is 2.30. The van der Waals surface area contributed by atoms with Gasteiger partial charge in [0.25, 0.3) is 0 Å². The molecule has 2 rings (SSSR count). The van der Waals surface area contributed by atoms with Crippen molar-refractivity contribution in [2.45, 2.75) is 13.0 Å². The Hall–Kier alpha value is -2.01. The van der Waals surface area contributed by atoms with Crippen LogP contribution in [-0.4, -0.2) is 28.8 Å². The van der Waals surface area contributed by atoms with E-state index in [-0.39, 0.29) is 6.04 Å². The lowest BCUT2D eigenvalue weighted by Crippen LogP contribution is -2.18. The standard InChI is InChI=1S/C13H16N4O/c1-3-18-12-6-11(7-15-9-12)13(14-2)10-4-5-16-17-8-10/h4-9,13-14H,3H2,1-2H3. The first-order valence-electron chi connectivity index (χ1n) is 5.86. The topological polar surface area (TPSA) is 59.9 Å². The van der Waals surface area contributed by atoms with Crippen LogP contribution in [0.3, 0.4) is 0 Å². The quantitative estimate of drug-likeness (QED) is 0.865. The number of hydrogen-bond acceptors (Lipinski definition) is 5. The Bertz CT molecular complexity index is 489. The first kappa shape index (κ1) is 12.4. The zero-order chi connectivity index (χ0) is 12.8. The fourth-order valence-electron chi connectivity index (χ4n) is 1.84. The summed E-state index contributed by atoms with van der Waals surface area (Å²) < 4.78 is 5.46. The van der Waals surface area contributed by atoms with Gasteiger partial charge in [0.2, 0.25) is 0 Å². The van der Waals surface area contributed by atoms with Crippen LogP contribution in [0.1, 0.15) is 24.1 Å². The van der Waals surface area contributed by atoms with Crippen molar-refractivity contribution in [3.8, 4) is 5.75 Å². The van der Waals surface area contributed by atoms with E-state index < -0.39 is 0 Å².